The number of halogens is 2. The normalized spacial score (nSPS) is 14.3. The predicted molar refractivity (Wildman–Crippen MR) is 71.6 cm³/mol. The summed E-state index contributed by atoms with van der Waals surface area (Å²) in [4.78, 5) is 23.0. The topological polar surface area (TPSA) is 80.8 Å². The lowest BCUT2D eigenvalue weighted by atomic mass is 10.1. The van der Waals surface area contributed by atoms with Crippen molar-refractivity contribution in [1.29, 1.82) is 0 Å². The summed E-state index contributed by atoms with van der Waals surface area (Å²) in [7, 11) is -4.83. The summed E-state index contributed by atoms with van der Waals surface area (Å²) in [6.45, 7) is 0. The van der Waals surface area contributed by atoms with Crippen molar-refractivity contribution in [2.75, 3.05) is 0 Å². The molecule has 0 N–H and O–H groups in total. The van der Waals surface area contributed by atoms with Crippen molar-refractivity contribution < 1.29 is 31.1 Å². The lowest BCUT2D eigenvalue weighted by Gasteiger charge is -2.13. The van der Waals surface area contributed by atoms with Gasteiger partial charge in [0.25, 0.3) is 11.8 Å². The van der Waals surface area contributed by atoms with Gasteiger partial charge in [-0.25, -0.2) is 8.78 Å². The van der Waals surface area contributed by atoms with Gasteiger partial charge in [-0.05, 0) is 24.3 Å². The van der Waals surface area contributed by atoms with Crippen LogP contribution in [-0.4, -0.2) is 25.3 Å². The smallest absolute Gasteiger partial charge is 0.266 e. The van der Waals surface area contributed by atoms with Gasteiger partial charge in [0.05, 0.1) is 11.1 Å². The summed E-state index contributed by atoms with van der Waals surface area (Å²) in [5, 5.41) is 0.0306. The zero-order valence-corrected chi connectivity index (χ0v) is 12.0. The van der Waals surface area contributed by atoms with E-state index in [1.807, 2.05) is 0 Å². The number of carbonyl (C=O) groups excluding carboxylic acids is 2. The molecule has 0 unspecified atom stereocenters. The van der Waals surface area contributed by atoms with Gasteiger partial charge in [-0.2, -0.15) is 8.42 Å². The van der Waals surface area contributed by atoms with Crippen molar-refractivity contribution in [1.82, 2.24) is 5.06 Å². The molecule has 118 valence electrons. The second kappa shape index (κ2) is 5.21. The Labute approximate surface area is 129 Å². The van der Waals surface area contributed by atoms with Gasteiger partial charge >= 0.3 is 10.1 Å². The minimum Gasteiger partial charge on any atom is -0.266 e. The molecule has 1 heterocycles. The second-order valence-corrected chi connectivity index (χ2v) is 6.05. The van der Waals surface area contributed by atoms with E-state index in [1.54, 1.807) is 0 Å². The molecule has 0 saturated heterocycles. The molecule has 2 aromatic rings. The van der Waals surface area contributed by atoms with E-state index in [9.17, 15) is 26.8 Å². The number of fused-ring (bicyclic) bond motifs is 1. The fraction of sp³-hybridized carbons (Fsp3) is 0. The molecular weight excluding hydrogens is 332 g/mol. The number of nitrogens with zero attached hydrogens (tertiary/aromatic N) is 1. The van der Waals surface area contributed by atoms with Crippen LogP contribution in [0.25, 0.3) is 0 Å². The molecule has 0 saturated carbocycles. The molecule has 0 radical (unpaired) electrons. The van der Waals surface area contributed by atoms with Crippen LogP contribution in [0.2, 0.25) is 0 Å². The zero-order valence-electron chi connectivity index (χ0n) is 11.2. The third-order valence-corrected chi connectivity index (χ3v) is 4.31. The fourth-order valence-electron chi connectivity index (χ4n) is 2.05. The van der Waals surface area contributed by atoms with E-state index in [1.165, 1.54) is 24.3 Å². The number of carbonyl (C=O) groups is 2. The van der Waals surface area contributed by atoms with Gasteiger partial charge in [0.1, 0.15) is 16.5 Å². The maximum absolute atomic E-state index is 13.6. The van der Waals surface area contributed by atoms with Crippen LogP contribution in [-0.2, 0) is 14.4 Å². The highest BCUT2D eigenvalue weighted by Crippen LogP contribution is 2.26. The van der Waals surface area contributed by atoms with Crippen molar-refractivity contribution in [3.8, 4) is 0 Å². The van der Waals surface area contributed by atoms with E-state index in [4.69, 9.17) is 0 Å². The fourth-order valence-corrected chi connectivity index (χ4v) is 3.00. The van der Waals surface area contributed by atoms with Crippen molar-refractivity contribution in [2.24, 2.45) is 0 Å². The van der Waals surface area contributed by atoms with Crippen molar-refractivity contribution in [2.45, 2.75) is 4.90 Å². The van der Waals surface area contributed by atoms with Gasteiger partial charge in [-0.1, -0.05) is 12.1 Å². The maximum Gasteiger partial charge on any atom is 0.321 e. The Hall–Kier alpha value is -2.65. The molecule has 0 bridgehead atoms. The molecule has 1 aliphatic rings. The van der Waals surface area contributed by atoms with Gasteiger partial charge in [-0.3, -0.25) is 9.59 Å². The molecule has 2 amide bonds. The zero-order chi connectivity index (χ0) is 16.8. The molecule has 1 aliphatic heterocycles. The number of hydrogen-bond donors (Lipinski definition) is 0. The van der Waals surface area contributed by atoms with Crippen LogP contribution in [0.1, 0.15) is 20.7 Å². The largest absolute Gasteiger partial charge is 0.321 e. The Morgan fingerprint density at radius 3 is 2.00 bits per heavy atom. The highest BCUT2D eigenvalue weighted by Gasteiger charge is 2.40. The molecule has 2 aromatic carbocycles. The molecule has 23 heavy (non-hydrogen) atoms. The Bertz CT molecular complexity index is 907. The minimum atomic E-state index is -4.83. The first-order chi connectivity index (χ1) is 10.8. The average Bonchev–Trinajstić information content (AvgIpc) is 2.72. The van der Waals surface area contributed by atoms with E-state index in [2.05, 4.69) is 4.28 Å². The number of hydroxylamine groups is 2. The highest BCUT2D eigenvalue weighted by atomic mass is 32.2. The van der Waals surface area contributed by atoms with Crippen LogP contribution >= 0.6 is 0 Å². The van der Waals surface area contributed by atoms with Gasteiger partial charge in [0.2, 0.25) is 0 Å². The van der Waals surface area contributed by atoms with Crippen molar-refractivity contribution >= 4 is 21.9 Å². The lowest BCUT2D eigenvalue weighted by molar-refractivity contribution is -0.0105. The molecule has 0 aliphatic carbocycles. The van der Waals surface area contributed by atoms with Gasteiger partial charge in [-0.15, -0.1) is 9.35 Å². The first-order valence-corrected chi connectivity index (χ1v) is 7.59. The Kier molecular flexibility index (Phi) is 3.46. The van der Waals surface area contributed by atoms with Crippen LogP contribution in [0.15, 0.2) is 47.4 Å². The maximum atomic E-state index is 13.6. The van der Waals surface area contributed by atoms with Gasteiger partial charge < -0.3 is 0 Å². The number of amides is 2. The summed E-state index contributed by atoms with van der Waals surface area (Å²) in [5.74, 6) is -4.36. The summed E-state index contributed by atoms with van der Waals surface area (Å²) < 4.78 is 55.0. The van der Waals surface area contributed by atoms with Gasteiger partial charge in [0, 0.05) is 6.07 Å². The standard InChI is InChI=1S/C14H7F2NO5S/c15-8-5-6-12(11(16)7-8)23(20,21)22-17-13(18)9-3-1-2-4-10(9)14(17)19/h1-7H. The highest BCUT2D eigenvalue weighted by molar-refractivity contribution is 7.86. The Morgan fingerprint density at radius 1 is 0.913 bits per heavy atom. The first-order valence-electron chi connectivity index (χ1n) is 6.19. The third-order valence-electron chi connectivity index (χ3n) is 3.09. The Morgan fingerprint density at radius 2 is 1.48 bits per heavy atom. The molecule has 0 fully saturated rings. The number of rotatable bonds is 3. The summed E-state index contributed by atoms with van der Waals surface area (Å²) in [5.41, 5.74) is -0.0699. The molecule has 3 rings (SSSR count). The molecule has 0 atom stereocenters. The Balaban J connectivity index is 1.96. The number of benzene rings is 2. The van der Waals surface area contributed by atoms with Crippen LogP contribution < -0.4 is 0 Å². The minimum absolute atomic E-state index is 0.0306. The monoisotopic (exact) mass is 339 g/mol. The second-order valence-electron chi connectivity index (χ2n) is 4.55. The molecular formula is C14H7F2NO5S. The van der Waals surface area contributed by atoms with E-state index in [-0.39, 0.29) is 16.2 Å². The summed E-state index contributed by atoms with van der Waals surface area (Å²) in [6, 6.07) is 7.32. The molecule has 0 aromatic heterocycles. The molecule has 6 nitrogen and oxygen atoms in total. The third kappa shape index (κ3) is 2.49. The molecule has 0 spiro atoms. The van der Waals surface area contributed by atoms with Crippen molar-refractivity contribution in [3.05, 3.63) is 65.2 Å². The van der Waals surface area contributed by atoms with E-state index < -0.39 is 38.5 Å². The summed E-state index contributed by atoms with van der Waals surface area (Å²) in [6.07, 6.45) is 0. The van der Waals surface area contributed by atoms with Crippen molar-refractivity contribution in [3.63, 3.8) is 0 Å². The lowest BCUT2D eigenvalue weighted by Crippen LogP contribution is -2.33. The quantitative estimate of drug-likeness (QED) is 0.798. The number of hydrogen-bond acceptors (Lipinski definition) is 5. The van der Waals surface area contributed by atoms with Crippen LogP contribution in [0.4, 0.5) is 8.78 Å². The average molecular weight is 339 g/mol. The van der Waals surface area contributed by atoms with Crippen LogP contribution in [0, 0.1) is 11.6 Å². The van der Waals surface area contributed by atoms with E-state index in [0.29, 0.717) is 18.2 Å². The van der Waals surface area contributed by atoms with Gasteiger partial charge in [0.15, 0.2) is 0 Å². The SMILES string of the molecule is O=C1c2ccccc2C(=O)N1OS(=O)(=O)c1ccc(F)cc1F. The summed E-state index contributed by atoms with van der Waals surface area (Å²) >= 11 is 0. The van der Waals surface area contributed by atoms with Crippen LogP contribution in [0.3, 0.4) is 0 Å². The first kappa shape index (κ1) is 15.3. The number of imide groups is 1. The molecule has 9 heteroatoms. The van der Waals surface area contributed by atoms with E-state index >= 15 is 0 Å². The predicted octanol–water partition coefficient (Wildman–Crippen LogP) is 1.88. The van der Waals surface area contributed by atoms with Crippen LogP contribution in [0.5, 0.6) is 0 Å². The van der Waals surface area contributed by atoms with E-state index in [0.717, 1.165) is 0 Å².